The summed E-state index contributed by atoms with van der Waals surface area (Å²) >= 11 is 0. The molecule has 0 amide bonds. The van der Waals surface area contributed by atoms with Crippen molar-refractivity contribution in [3.8, 4) is 0 Å². The molecule has 106 valence electrons. The lowest BCUT2D eigenvalue weighted by Crippen LogP contribution is -2.18. The van der Waals surface area contributed by atoms with Gasteiger partial charge in [0.1, 0.15) is 0 Å². The fourth-order valence-corrected chi connectivity index (χ4v) is 2.45. The van der Waals surface area contributed by atoms with E-state index in [4.69, 9.17) is 9.88 Å². The third-order valence-corrected chi connectivity index (χ3v) is 4.08. The predicted molar refractivity (Wildman–Crippen MR) is 72.5 cm³/mol. The lowest BCUT2D eigenvalue weighted by molar-refractivity contribution is 0.0334. The molecule has 1 aromatic carbocycles. The van der Waals surface area contributed by atoms with Crippen molar-refractivity contribution in [3.63, 3.8) is 0 Å². The van der Waals surface area contributed by atoms with Crippen molar-refractivity contribution < 1.29 is 17.9 Å². The van der Waals surface area contributed by atoms with Crippen LogP contribution in [0, 0.1) is 13.8 Å². The average Bonchev–Trinajstić information content (AvgIpc) is 2.30. The minimum absolute atomic E-state index is 0.0383. The van der Waals surface area contributed by atoms with E-state index in [2.05, 4.69) is 0 Å². The molecule has 0 saturated heterocycles. The normalized spacial score (nSPS) is 13.1. The highest BCUT2D eigenvalue weighted by atomic mass is 32.2. The Morgan fingerprint density at radius 1 is 1.37 bits per heavy atom. The van der Waals surface area contributed by atoms with Gasteiger partial charge < -0.3 is 4.74 Å². The summed E-state index contributed by atoms with van der Waals surface area (Å²) in [5, 5.41) is 5.14. The van der Waals surface area contributed by atoms with Crippen LogP contribution in [0.5, 0.6) is 0 Å². The Balaban J connectivity index is 3.25. The first-order valence-corrected chi connectivity index (χ1v) is 7.56. The van der Waals surface area contributed by atoms with Crippen LogP contribution >= 0.6 is 0 Å². The van der Waals surface area contributed by atoms with Gasteiger partial charge in [-0.1, -0.05) is 6.92 Å². The molecule has 0 aliphatic carbocycles. The maximum Gasteiger partial charge on any atom is 0.338 e. The Morgan fingerprint density at radius 3 is 2.42 bits per heavy atom. The van der Waals surface area contributed by atoms with Crippen molar-refractivity contribution in [1.82, 2.24) is 0 Å². The molecule has 0 saturated carbocycles. The van der Waals surface area contributed by atoms with E-state index in [1.807, 2.05) is 6.92 Å². The minimum Gasteiger partial charge on any atom is -0.459 e. The van der Waals surface area contributed by atoms with Crippen LogP contribution in [0.25, 0.3) is 0 Å². The number of nitrogens with two attached hydrogens (primary N) is 1. The second-order valence-electron chi connectivity index (χ2n) is 4.59. The fourth-order valence-electron chi connectivity index (χ4n) is 1.57. The monoisotopic (exact) mass is 285 g/mol. The smallest absolute Gasteiger partial charge is 0.338 e. The highest BCUT2D eigenvalue weighted by Crippen LogP contribution is 2.21. The largest absolute Gasteiger partial charge is 0.459 e. The van der Waals surface area contributed by atoms with Gasteiger partial charge in [-0.3, -0.25) is 0 Å². The first kappa shape index (κ1) is 15.7. The number of esters is 1. The second-order valence-corrected chi connectivity index (χ2v) is 6.12. The number of hydrogen-bond donors (Lipinski definition) is 1. The number of carbonyl (C=O) groups excluding carboxylic acids is 1. The summed E-state index contributed by atoms with van der Waals surface area (Å²) in [6, 6.07) is 2.87. The summed E-state index contributed by atoms with van der Waals surface area (Å²) in [4.78, 5) is 11.9. The first-order chi connectivity index (χ1) is 8.66. The molecule has 1 rings (SSSR count). The minimum atomic E-state index is -3.85. The fraction of sp³-hybridized carbons (Fsp3) is 0.462. The third kappa shape index (κ3) is 3.78. The van der Waals surface area contributed by atoms with Crippen LogP contribution in [0.3, 0.4) is 0 Å². The molecule has 6 heteroatoms. The number of hydrogen-bond acceptors (Lipinski definition) is 4. The molecule has 0 spiro atoms. The van der Waals surface area contributed by atoms with Crippen molar-refractivity contribution in [2.75, 3.05) is 0 Å². The molecule has 1 aromatic rings. The second kappa shape index (κ2) is 5.71. The van der Waals surface area contributed by atoms with Crippen LogP contribution in [0.15, 0.2) is 17.0 Å². The zero-order valence-electron chi connectivity index (χ0n) is 11.6. The number of sulfonamides is 1. The summed E-state index contributed by atoms with van der Waals surface area (Å²) in [5.41, 5.74) is 1.43. The van der Waals surface area contributed by atoms with E-state index in [1.54, 1.807) is 26.8 Å². The lowest BCUT2D eigenvalue weighted by Gasteiger charge is -2.13. The molecule has 0 radical (unpaired) electrons. The Labute approximate surface area is 113 Å². The van der Waals surface area contributed by atoms with Gasteiger partial charge >= 0.3 is 5.97 Å². The van der Waals surface area contributed by atoms with Crippen LogP contribution < -0.4 is 5.14 Å². The lowest BCUT2D eigenvalue weighted by atomic mass is 10.1. The maximum atomic E-state index is 11.9. The number of rotatable bonds is 4. The Bertz CT molecular complexity index is 593. The highest BCUT2D eigenvalue weighted by Gasteiger charge is 2.19. The molecule has 1 unspecified atom stereocenters. The van der Waals surface area contributed by atoms with Gasteiger partial charge in [-0.25, -0.2) is 18.4 Å². The molecular weight excluding hydrogens is 266 g/mol. The number of carbonyl (C=O) groups is 1. The van der Waals surface area contributed by atoms with Crippen molar-refractivity contribution in [3.05, 3.63) is 28.8 Å². The standard InChI is InChI=1S/C13H19NO4S/c1-5-9(3)18-13(15)11-6-8(2)10(4)12(7-11)19(14,16)17/h6-7,9H,5H2,1-4H3,(H2,14,16,17). The zero-order chi connectivity index (χ0) is 14.8. The summed E-state index contributed by atoms with van der Waals surface area (Å²) < 4.78 is 28.1. The molecule has 19 heavy (non-hydrogen) atoms. The molecule has 0 bridgehead atoms. The van der Waals surface area contributed by atoms with Crippen LogP contribution in [-0.2, 0) is 14.8 Å². The number of ether oxygens (including phenoxy) is 1. The van der Waals surface area contributed by atoms with Crippen molar-refractivity contribution in [2.24, 2.45) is 5.14 Å². The van der Waals surface area contributed by atoms with E-state index >= 15 is 0 Å². The molecular formula is C13H19NO4S. The number of benzene rings is 1. The van der Waals surface area contributed by atoms with Gasteiger partial charge in [-0.15, -0.1) is 0 Å². The molecule has 0 fully saturated rings. The van der Waals surface area contributed by atoms with Gasteiger partial charge in [0, 0.05) is 0 Å². The molecule has 0 aromatic heterocycles. The van der Waals surface area contributed by atoms with Gasteiger partial charge in [0.25, 0.3) is 0 Å². The summed E-state index contributed by atoms with van der Waals surface area (Å²) in [7, 11) is -3.85. The van der Waals surface area contributed by atoms with E-state index in [-0.39, 0.29) is 16.6 Å². The van der Waals surface area contributed by atoms with E-state index in [1.165, 1.54) is 6.07 Å². The van der Waals surface area contributed by atoms with Gasteiger partial charge in [0.05, 0.1) is 16.6 Å². The van der Waals surface area contributed by atoms with Crippen LogP contribution in [0.4, 0.5) is 0 Å². The third-order valence-electron chi connectivity index (χ3n) is 3.05. The van der Waals surface area contributed by atoms with Crippen molar-refractivity contribution >= 4 is 16.0 Å². The first-order valence-electron chi connectivity index (χ1n) is 6.01. The number of primary sulfonamides is 1. The molecule has 5 nitrogen and oxygen atoms in total. The van der Waals surface area contributed by atoms with Crippen molar-refractivity contribution in [1.29, 1.82) is 0 Å². The molecule has 1 atom stereocenters. The Kier molecular flexibility index (Phi) is 4.70. The van der Waals surface area contributed by atoms with Crippen LogP contribution in [-0.4, -0.2) is 20.5 Å². The van der Waals surface area contributed by atoms with Crippen LogP contribution in [0.1, 0.15) is 41.8 Å². The molecule has 0 heterocycles. The van der Waals surface area contributed by atoms with Gasteiger partial charge in [0.15, 0.2) is 0 Å². The summed E-state index contributed by atoms with van der Waals surface area (Å²) in [5.74, 6) is -0.539. The Morgan fingerprint density at radius 2 is 1.95 bits per heavy atom. The zero-order valence-corrected chi connectivity index (χ0v) is 12.4. The molecule has 0 aliphatic heterocycles. The molecule has 0 aliphatic rings. The highest BCUT2D eigenvalue weighted by molar-refractivity contribution is 7.89. The maximum absolute atomic E-state index is 11.9. The summed E-state index contributed by atoms with van der Waals surface area (Å²) in [6.07, 6.45) is 0.477. The molecule has 2 N–H and O–H groups in total. The van der Waals surface area contributed by atoms with E-state index in [9.17, 15) is 13.2 Å². The average molecular weight is 285 g/mol. The predicted octanol–water partition coefficient (Wildman–Crippen LogP) is 1.91. The summed E-state index contributed by atoms with van der Waals surface area (Å²) in [6.45, 7) is 7.05. The topological polar surface area (TPSA) is 86.5 Å². The van der Waals surface area contributed by atoms with Crippen molar-refractivity contribution in [2.45, 2.75) is 45.1 Å². The van der Waals surface area contributed by atoms with E-state index < -0.39 is 16.0 Å². The van der Waals surface area contributed by atoms with E-state index in [0.29, 0.717) is 17.5 Å². The van der Waals surface area contributed by atoms with Gasteiger partial charge in [-0.05, 0) is 50.5 Å². The van der Waals surface area contributed by atoms with Gasteiger partial charge in [-0.2, -0.15) is 0 Å². The van der Waals surface area contributed by atoms with Crippen LogP contribution in [0.2, 0.25) is 0 Å². The SMILES string of the molecule is CCC(C)OC(=O)c1cc(C)c(C)c(S(N)(=O)=O)c1. The van der Waals surface area contributed by atoms with Gasteiger partial charge in [0.2, 0.25) is 10.0 Å². The quantitative estimate of drug-likeness (QED) is 0.856. The number of aryl methyl sites for hydroxylation is 1. The van der Waals surface area contributed by atoms with E-state index in [0.717, 1.165) is 0 Å². The Hall–Kier alpha value is -1.40.